The number of amides is 2. The molecule has 1 N–H and O–H groups in total. The molecule has 0 aliphatic carbocycles. The van der Waals surface area contributed by atoms with Crippen LogP contribution in [0.4, 0.5) is 10.2 Å². The number of nitrogens with one attached hydrogen (secondary N) is 1. The molecule has 9 heteroatoms. The number of nitriles is 1. The first-order valence-corrected chi connectivity index (χ1v) is 9.70. The van der Waals surface area contributed by atoms with Gasteiger partial charge in [0.05, 0.1) is 24.4 Å². The summed E-state index contributed by atoms with van der Waals surface area (Å²) in [4.78, 5) is 31.1. The lowest BCUT2D eigenvalue weighted by atomic mass is 10.1. The zero-order valence-corrected chi connectivity index (χ0v) is 16.7. The zero-order valence-electron chi connectivity index (χ0n) is 16.7. The summed E-state index contributed by atoms with van der Waals surface area (Å²) in [6.07, 6.45) is 3.65. The van der Waals surface area contributed by atoms with Gasteiger partial charge < -0.3 is 5.32 Å². The molecule has 31 heavy (non-hydrogen) atoms. The van der Waals surface area contributed by atoms with E-state index in [1.54, 1.807) is 43.6 Å². The normalized spacial score (nSPS) is 15.7. The third kappa shape index (κ3) is 4.14. The Hall–Kier alpha value is -4.06. The summed E-state index contributed by atoms with van der Waals surface area (Å²) in [5.74, 6) is -1.31. The van der Waals surface area contributed by atoms with E-state index in [4.69, 9.17) is 5.26 Å². The van der Waals surface area contributed by atoms with Gasteiger partial charge in [0.2, 0.25) is 5.91 Å². The van der Waals surface area contributed by atoms with E-state index in [0.717, 1.165) is 17.3 Å². The van der Waals surface area contributed by atoms with E-state index in [1.165, 1.54) is 9.58 Å². The Balaban J connectivity index is 1.49. The van der Waals surface area contributed by atoms with Crippen molar-refractivity contribution in [2.45, 2.75) is 25.4 Å². The van der Waals surface area contributed by atoms with Gasteiger partial charge in [0, 0.05) is 13.2 Å². The number of carbonyl (C=O) groups is 2. The number of aromatic nitrogens is 3. The van der Waals surface area contributed by atoms with Crippen LogP contribution in [0.3, 0.4) is 0 Å². The lowest BCUT2D eigenvalue weighted by Crippen LogP contribution is -2.47. The standard InChI is InChI=1S/C22H19FN6O2/c1-28-20-16(6-3-9-25-20)7-8-18(22(28)31)26-21(30)19-17(23)13-29(27-19)12-15-5-2-4-14(10-15)11-24/h2-6,9-10,13,18H,7-8,12H2,1H3,(H,26,30)/t18-/m0/s1. The maximum atomic E-state index is 14.4. The fourth-order valence-corrected chi connectivity index (χ4v) is 3.61. The van der Waals surface area contributed by atoms with E-state index in [2.05, 4.69) is 15.4 Å². The molecule has 1 aromatic carbocycles. The van der Waals surface area contributed by atoms with Gasteiger partial charge in [-0.2, -0.15) is 10.4 Å². The van der Waals surface area contributed by atoms with Crippen molar-refractivity contribution in [1.29, 1.82) is 5.26 Å². The molecule has 156 valence electrons. The molecule has 8 nitrogen and oxygen atoms in total. The van der Waals surface area contributed by atoms with Crippen molar-refractivity contribution in [2.75, 3.05) is 11.9 Å². The summed E-state index contributed by atoms with van der Waals surface area (Å²) in [7, 11) is 1.60. The highest BCUT2D eigenvalue weighted by atomic mass is 19.1. The van der Waals surface area contributed by atoms with Crippen LogP contribution in [0.5, 0.6) is 0 Å². The number of likely N-dealkylation sites (N-methyl/N-ethyl adjacent to an activating group) is 1. The van der Waals surface area contributed by atoms with Crippen LogP contribution in [0, 0.1) is 17.1 Å². The highest BCUT2D eigenvalue weighted by molar-refractivity contribution is 6.01. The van der Waals surface area contributed by atoms with Gasteiger partial charge in [0.1, 0.15) is 11.9 Å². The molecular formula is C22H19FN6O2. The highest BCUT2D eigenvalue weighted by Gasteiger charge is 2.31. The Morgan fingerprint density at radius 2 is 2.19 bits per heavy atom. The molecule has 0 saturated carbocycles. The van der Waals surface area contributed by atoms with Crippen LogP contribution in [-0.4, -0.2) is 39.7 Å². The SMILES string of the molecule is CN1C(=O)[C@@H](NC(=O)c2nn(Cc3cccc(C#N)c3)cc2F)CCc2cccnc21. The van der Waals surface area contributed by atoms with E-state index in [1.807, 2.05) is 12.1 Å². The number of carbonyl (C=O) groups excluding carboxylic acids is 2. The van der Waals surface area contributed by atoms with Crippen molar-refractivity contribution < 1.29 is 14.0 Å². The van der Waals surface area contributed by atoms with Gasteiger partial charge in [-0.3, -0.25) is 19.2 Å². The number of rotatable bonds is 4. The maximum Gasteiger partial charge on any atom is 0.275 e. The van der Waals surface area contributed by atoms with Gasteiger partial charge in [-0.05, 0) is 42.2 Å². The zero-order chi connectivity index (χ0) is 22.0. The number of halogens is 1. The second kappa shape index (κ2) is 8.36. The minimum atomic E-state index is -0.816. The fraction of sp³-hybridized carbons (Fsp3) is 0.227. The average molecular weight is 418 g/mol. The highest BCUT2D eigenvalue weighted by Crippen LogP contribution is 2.23. The monoisotopic (exact) mass is 418 g/mol. The minimum Gasteiger partial charge on any atom is -0.339 e. The summed E-state index contributed by atoms with van der Waals surface area (Å²) in [6.45, 7) is 0.200. The van der Waals surface area contributed by atoms with Gasteiger partial charge in [0.15, 0.2) is 11.5 Å². The number of benzene rings is 1. The van der Waals surface area contributed by atoms with E-state index in [-0.39, 0.29) is 18.1 Å². The summed E-state index contributed by atoms with van der Waals surface area (Å²) < 4.78 is 15.7. The molecule has 3 aromatic rings. The van der Waals surface area contributed by atoms with Gasteiger partial charge in [-0.25, -0.2) is 9.37 Å². The maximum absolute atomic E-state index is 14.4. The van der Waals surface area contributed by atoms with E-state index in [0.29, 0.717) is 24.2 Å². The van der Waals surface area contributed by atoms with Crippen molar-refractivity contribution in [2.24, 2.45) is 0 Å². The summed E-state index contributed by atoms with van der Waals surface area (Å²) in [5, 5.41) is 15.7. The molecule has 1 aliphatic heterocycles. The van der Waals surface area contributed by atoms with E-state index >= 15 is 0 Å². The van der Waals surface area contributed by atoms with Crippen molar-refractivity contribution in [3.63, 3.8) is 0 Å². The first-order chi connectivity index (χ1) is 15.0. The van der Waals surface area contributed by atoms with Gasteiger partial charge in [-0.1, -0.05) is 18.2 Å². The van der Waals surface area contributed by atoms with Crippen molar-refractivity contribution in [3.05, 3.63) is 77.0 Å². The Morgan fingerprint density at radius 1 is 1.35 bits per heavy atom. The molecule has 3 heterocycles. The van der Waals surface area contributed by atoms with Crippen LogP contribution in [0.25, 0.3) is 0 Å². The van der Waals surface area contributed by atoms with Crippen molar-refractivity contribution in [1.82, 2.24) is 20.1 Å². The molecule has 1 atom stereocenters. The second-order valence-electron chi connectivity index (χ2n) is 7.28. The molecule has 1 aliphatic rings. The largest absolute Gasteiger partial charge is 0.339 e. The lowest BCUT2D eigenvalue weighted by molar-refractivity contribution is -0.120. The lowest BCUT2D eigenvalue weighted by Gasteiger charge is -2.20. The number of nitrogens with zero attached hydrogens (tertiary/aromatic N) is 5. The Morgan fingerprint density at radius 3 is 3.00 bits per heavy atom. The molecule has 0 fully saturated rings. The smallest absolute Gasteiger partial charge is 0.275 e. The third-order valence-electron chi connectivity index (χ3n) is 5.15. The average Bonchev–Trinajstić information content (AvgIpc) is 3.10. The van der Waals surface area contributed by atoms with Crippen LogP contribution in [0.15, 0.2) is 48.8 Å². The van der Waals surface area contributed by atoms with Crippen LogP contribution in [-0.2, 0) is 17.8 Å². The molecular weight excluding hydrogens is 399 g/mol. The van der Waals surface area contributed by atoms with Crippen LogP contribution in [0.2, 0.25) is 0 Å². The molecule has 4 rings (SSSR count). The first kappa shape index (κ1) is 20.2. The van der Waals surface area contributed by atoms with E-state index < -0.39 is 17.8 Å². The van der Waals surface area contributed by atoms with Gasteiger partial charge >= 0.3 is 0 Å². The number of aryl methyl sites for hydroxylation is 1. The van der Waals surface area contributed by atoms with Gasteiger partial charge in [-0.15, -0.1) is 0 Å². The van der Waals surface area contributed by atoms with Gasteiger partial charge in [0.25, 0.3) is 5.91 Å². The van der Waals surface area contributed by atoms with Crippen molar-refractivity contribution in [3.8, 4) is 6.07 Å². The van der Waals surface area contributed by atoms with Crippen LogP contribution >= 0.6 is 0 Å². The third-order valence-corrected chi connectivity index (χ3v) is 5.15. The number of pyridine rings is 1. The number of anilines is 1. The minimum absolute atomic E-state index is 0.200. The fourth-order valence-electron chi connectivity index (χ4n) is 3.61. The molecule has 0 radical (unpaired) electrons. The molecule has 2 aromatic heterocycles. The molecule has 0 saturated heterocycles. The number of fused-ring (bicyclic) bond motifs is 1. The quantitative estimate of drug-likeness (QED) is 0.698. The Kier molecular flexibility index (Phi) is 5.45. The number of hydrogen-bond donors (Lipinski definition) is 1. The predicted molar refractivity (Wildman–Crippen MR) is 110 cm³/mol. The molecule has 0 bridgehead atoms. The van der Waals surface area contributed by atoms with E-state index in [9.17, 15) is 14.0 Å². The Bertz CT molecular complexity index is 1200. The second-order valence-corrected chi connectivity index (χ2v) is 7.28. The molecule has 0 spiro atoms. The summed E-state index contributed by atoms with van der Waals surface area (Å²) >= 11 is 0. The topological polar surface area (TPSA) is 104 Å². The summed E-state index contributed by atoms with van der Waals surface area (Å²) in [5.41, 5.74) is 1.76. The first-order valence-electron chi connectivity index (χ1n) is 9.70. The van der Waals surface area contributed by atoms with Crippen LogP contribution < -0.4 is 10.2 Å². The van der Waals surface area contributed by atoms with Crippen LogP contribution in [0.1, 0.15) is 33.6 Å². The summed E-state index contributed by atoms with van der Waals surface area (Å²) in [6, 6.07) is 11.8. The molecule has 2 amide bonds. The number of hydrogen-bond acceptors (Lipinski definition) is 5. The molecule has 0 unspecified atom stereocenters. The van der Waals surface area contributed by atoms with Crippen molar-refractivity contribution >= 4 is 17.6 Å². The predicted octanol–water partition coefficient (Wildman–Crippen LogP) is 2.04. The Labute approximate surface area is 177 Å².